The number of benzene rings is 1. The Hall–Kier alpha value is -2.97. The van der Waals surface area contributed by atoms with Crippen molar-refractivity contribution in [1.82, 2.24) is 13.4 Å². The summed E-state index contributed by atoms with van der Waals surface area (Å²) in [6, 6.07) is 14.6. The summed E-state index contributed by atoms with van der Waals surface area (Å²) in [5.74, 6) is -0.216. The second-order valence-electron chi connectivity index (χ2n) is 8.54. The van der Waals surface area contributed by atoms with Crippen LogP contribution in [0.3, 0.4) is 0 Å². The van der Waals surface area contributed by atoms with Crippen LogP contribution in [-0.2, 0) is 29.5 Å². The van der Waals surface area contributed by atoms with Crippen LogP contribution in [0.2, 0.25) is 0 Å². The zero-order valence-corrected chi connectivity index (χ0v) is 19.8. The Morgan fingerprint density at radius 2 is 1.70 bits per heavy atom. The highest BCUT2D eigenvalue weighted by molar-refractivity contribution is 7.89. The molecule has 0 N–H and O–H groups in total. The number of hydrogen-bond donors (Lipinski definition) is 0. The van der Waals surface area contributed by atoms with E-state index in [2.05, 4.69) is 16.7 Å². The third kappa shape index (κ3) is 4.86. The Morgan fingerprint density at radius 3 is 2.39 bits per heavy atom. The molecular formula is C25H29N3O4S. The van der Waals surface area contributed by atoms with Crippen LogP contribution < -0.4 is 5.56 Å². The Labute approximate surface area is 194 Å². The molecule has 2 aromatic heterocycles. The van der Waals surface area contributed by atoms with Gasteiger partial charge in [-0.15, -0.1) is 0 Å². The van der Waals surface area contributed by atoms with Gasteiger partial charge in [0.2, 0.25) is 10.0 Å². The maximum Gasteiger partial charge on any atom is 0.251 e. The Morgan fingerprint density at radius 1 is 1.00 bits per heavy atom. The Kier molecular flexibility index (Phi) is 6.67. The first kappa shape index (κ1) is 23.2. The van der Waals surface area contributed by atoms with E-state index in [0.29, 0.717) is 18.7 Å². The van der Waals surface area contributed by atoms with Gasteiger partial charge in [0, 0.05) is 48.8 Å². The molecule has 1 saturated heterocycles. The number of aryl methyl sites for hydroxylation is 2. The number of aromatic nitrogens is 2. The molecule has 33 heavy (non-hydrogen) atoms. The van der Waals surface area contributed by atoms with Crippen LogP contribution in [0.25, 0.3) is 0 Å². The smallest absolute Gasteiger partial charge is 0.251 e. The second-order valence-corrected chi connectivity index (χ2v) is 10.5. The van der Waals surface area contributed by atoms with Gasteiger partial charge in [-0.05, 0) is 50.8 Å². The van der Waals surface area contributed by atoms with Crippen molar-refractivity contribution >= 4 is 15.8 Å². The van der Waals surface area contributed by atoms with Gasteiger partial charge in [-0.3, -0.25) is 9.59 Å². The van der Waals surface area contributed by atoms with E-state index in [4.69, 9.17) is 0 Å². The lowest BCUT2D eigenvalue weighted by molar-refractivity contribution is 0.0969. The minimum absolute atomic E-state index is 0.0464. The van der Waals surface area contributed by atoms with Crippen LogP contribution in [-0.4, -0.2) is 40.7 Å². The molecule has 1 aromatic carbocycles. The molecule has 8 heteroatoms. The van der Waals surface area contributed by atoms with Crippen molar-refractivity contribution in [3.63, 3.8) is 0 Å². The van der Waals surface area contributed by atoms with Crippen LogP contribution in [0.5, 0.6) is 0 Å². The maximum atomic E-state index is 13.1. The first-order chi connectivity index (χ1) is 15.8. The number of carbonyl (C=O) groups is 1. The van der Waals surface area contributed by atoms with Crippen LogP contribution in [0, 0.1) is 13.8 Å². The van der Waals surface area contributed by atoms with E-state index >= 15 is 0 Å². The molecule has 0 spiro atoms. The van der Waals surface area contributed by atoms with Crippen LogP contribution in [0.1, 0.15) is 40.2 Å². The Balaban J connectivity index is 1.54. The zero-order chi connectivity index (χ0) is 23.6. The minimum Gasteiger partial charge on any atom is -0.348 e. The third-order valence-electron chi connectivity index (χ3n) is 6.31. The van der Waals surface area contributed by atoms with Gasteiger partial charge in [-0.1, -0.05) is 30.3 Å². The quantitative estimate of drug-likeness (QED) is 0.477. The fraction of sp³-hybridized carbons (Fsp3) is 0.360. The molecule has 7 nitrogen and oxygen atoms in total. The molecule has 3 heterocycles. The number of hydrogen-bond acceptors (Lipinski definition) is 4. The molecule has 1 fully saturated rings. The van der Waals surface area contributed by atoms with Crippen molar-refractivity contribution in [2.75, 3.05) is 13.1 Å². The number of rotatable bonds is 8. The summed E-state index contributed by atoms with van der Waals surface area (Å²) in [5.41, 5.74) is 3.20. The molecule has 0 saturated carbocycles. The number of ketones is 1. The van der Waals surface area contributed by atoms with Gasteiger partial charge in [0.25, 0.3) is 5.56 Å². The molecule has 0 atom stereocenters. The summed E-state index contributed by atoms with van der Waals surface area (Å²) in [5, 5.41) is 0. The van der Waals surface area contributed by atoms with Crippen molar-refractivity contribution in [2.24, 2.45) is 0 Å². The predicted molar refractivity (Wildman–Crippen MR) is 127 cm³/mol. The Bertz CT molecular complexity index is 1320. The van der Waals surface area contributed by atoms with Gasteiger partial charge in [0.15, 0.2) is 5.78 Å². The van der Waals surface area contributed by atoms with E-state index < -0.39 is 15.6 Å². The number of pyridine rings is 1. The lowest BCUT2D eigenvalue weighted by Crippen LogP contribution is -2.30. The van der Waals surface area contributed by atoms with Crippen molar-refractivity contribution < 1.29 is 13.2 Å². The van der Waals surface area contributed by atoms with Crippen molar-refractivity contribution in [2.45, 2.75) is 51.1 Å². The predicted octanol–water partition coefficient (Wildman–Crippen LogP) is 3.18. The highest BCUT2D eigenvalue weighted by atomic mass is 32.2. The second kappa shape index (κ2) is 9.49. The van der Waals surface area contributed by atoms with E-state index in [0.717, 1.165) is 37.2 Å². The summed E-state index contributed by atoms with van der Waals surface area (Å²) in [6.07, 6.45) is 3.80. The summed E-state index contributed by atoms with van der Waals surface area (Å²) < 4.78 is 30.5. The third-order valence-corrected chi connectivity index (χ3v) is 8.20. The number of nitrogens with zero attached hydrogens (tertiary/aromatic N) is 3. The summed E-state index contributed by atoms with van der Waals surface area (Å²) in [7, 11) is -3.66. The van der Waals surface area contributed by atoms with E-state index in [1.54, 1.807) is 0 Å². The molecule has 1 aliphatic rings. The van der Waals surface area contributed by atoms with Crippen molar-refractivity contribution in [1.29, 1.82) is 0 Å². The first-order valence-corrected chi connectivity index (χ1v) is 12.7. The monoisotopic (exact) mass is 467 g/mol. The molecular weight excluding hydrogens is 438 g/mol. The van der Waals surface area contributed by atoms with Crippen LogP contribution >= 0.6 is 0 Å². The van der Waals surface area contributed by atoms with Crippen molar-refractivity contribution in [3.05, 3.63) is 87.6 Å². The molecule has 0 radical (unpaired) electrons. The summed E-state index contributed by atoms with van der Waals surface area (Å²) in [4.78, 5) is 25.6. The van der Waals surface area contributed by atoms with Gasteiger partial charge >= 0.3 is 0 Å². The fourth-order valence-corrected chi connectivity index (χ4v) is 5.95. The van der Waals surface area contributed by atoms with E-state index in [1.165, 1.54) is 32.8 Å². The minimum atomic E-state index is -3.66. The maximum absolute atomic E-state index is 13.1. The molecule has 0 amide bonds. The van der Waals surface area contributed by atoms with E-state index in [1.807, 2.05) is 38.1 Å². The molecule has 4 rings (SSSR count). The van der Waals surface area contributed by atoms with Gasteiger partial charge in [-0.2, -0.15) is 4.31 Å². The normalized spacial score (nSPS) is 14.6. The highest BCUT2D eigenvalue weighted by Gasteiger charge is 2.28. The standard InChI is InChI=1S/C25H29N3O4S/c1-19-16-23(20(2)28(19)15-12-21-8-4-3-5-9-21)24(29)18-26-17-22(10-11-25(26)30)33(31,32)27-13-6-7-14-27/h3-5,8-11,16-17H,6-7,12-15,18H2,1-2H3. The van der Waals surface area contributed by atoms with Gasteiger partial charge in [0.05, 0.1) is 11.4 Å². The van der Waals surface area contributed by atoms with Crippen molar-refractivity contribution in [3.8, 4) is 0 Å². The van der Waals surface area contributed by atoms with Gasteiger partial charge in [0.1, 0.15) is 0 Å². The van der Waals surface area contributed by atoms with Crippen LogP contribution in [0.15, 0.2) is 64.4 Å². The topological polar surface area (TPSA) is 81.4 Å². The molecule has 174 valence electrons. The number of carbonyl (C=O) groups excluding carboxylic acids is 1. The molecule has 3 aromatic rings. The summed E-state index contributed by atoms with van der Waals surface area (Å²) in [6.45, 7) is 5.38. The molecule has 1 aliphatic heterocycles. The fourth-order valence-electron chi connectivity index (χ4n) is 4.42. The molecule has 0 unspecified atom stereocenters. The van der Waals surface area contributed by atoms with Gasteiger partial charge in [-0.25, -0.2) is 8.42 Å². The zero-order valence-electron chi connectivity index (χ0n) is 19.0. The lowest BCUT2D eigenvalue weighted by atomic mass is 10.1. The average molecular weight is 468 g/mol. The SMILES string of the molecule is Cc1cc(C(=O)Cn2cc(S(=O)(=O)N3CCCC3)ccc2=O)c(C)n1CCc1ccccc1. The van der Waals surface area contributed by atoms with E-state index in [9.17, 15) is 18.0 Å². The molecule has 0 bridgehead atoms. The number of sulfonamides is 1. The average Bonchev–Trinajstić information content (AvgIpc) is 3.44. The number of Topliss-reactive ketones (excluding diaryl/α,β-unsaturated/α-hetero) is 1. The largest absolute Gasteiger partial charge is 0.348 e. The highest BCUT2D eigenvalue weighted by Crippen LogP contribution is 2.21. The van der Waals surface area contributed by atoms with E-state index in [-0.39, 0.29) is 17.2 Å². The summed E-state index contributed by atoms with van der Waals surface area (Å²) >= 11 is 0. The molecule has 0 aliphatic carbocycles. The first-order valence-electron chi connectivity index (χ1n) is 11.2. The lowest BCUT2D eigenvalue weighted by Gasteiger charge is -2.16. The van der Waals surface area contributed by atoms with Crippen LogP contribution in [0.4, 0.5) is 0 Å². The van der Waals surface area contributed by atoms with Gasteiger partial charge < -0.3 is 9.13 Å².